The highest BCUT2D eigenvalue weighted by Crippen LogP contribution is 2.33. The Morgan fingerprint density at radius 1 is 0.810 bits per heavy atom. The van der Waals surface area contributed by atoms with Crippen molar-refractivity contribution in [1.82, 2.24) is 5.32 Å². The minimum atomic E-state index is 0.447. The molecule has 0 saturated carbocycles. The normalized spacial score (nSPS) is 11.7. The number of nitrogens with one attached hydrogen (secondary N) is 2. The first-order valence-electron chi connectivity index (χ1n) is 16.5. The van der Waals surface area contributed by atoms with E-state index in [1.807, 2.05) is 6.08 Å². The molecule has 230 valence electrons. The maximum Gasteiger partial charge on any atom is 0.0481 e. The summed E-state index contributed by atoms with van der Waals surface area (Å²) in [4.78, 5) is 0. The molecule has 2 aromatic carbocycles. The van der Waals surface area contributed by atoms with Gasteiger partial charge in [-0.05, 0) is 98.6 Å². The number of hydrogen-bond acceptors (Lipinski definition) is 3. The number of unbranched alkanes of at least 4 members (excludes halogenated alkanes) is 4. The summed E-state index contributed by atoms with van der Waals surface area (Å²) in [5.74, 6) is 0.571. The number of rotatable bonds is 23. The molecule has 0 fully saturated rings. The Morgan fingerprint density at radius 3 is 2.14 bits per heavy atom. The summed E-state index contributed by atoms with van der Waals surface area (Å²) in [5, 5.41) is 7.37. The van der Waals surface area contributed by atoms with E-state index in [1.165, 1.54) is 86.6 Å². The van der Waals surface area contributed by atoms with Gasteiger partial charge in [0.1, 0.15) is 0 Å². The molecule has 4 N–H and O–H groups in total. The fourth-order valence-corrected chi connectivity index (χ4v) is 5.72. The van der Waals surface area contributed by atoms with Crippen molar-refractivity contribution in [3.05, 3.63) is 97.2 Å². The van der Waals surface area contributed by atoms with E-state index in [0.29, 0.717) is 17.7 Å². The maximum absolute atomic E-state index is 6.18. The molecule has 42 heavy (non-hydrogen) atoms. The molecule has 0 aliphatic heterocycles. The predicted octanol–water partition coefficient (Wildman–Crippen LogP) is 11.6. The number of allylic oxidation sites excluding steroid dienone is 3. The highest BCUT2D eigenvalue weighted by atomic mass is 14.9. The van der Waals surface area contributed by atoms with E-state index in [2.05, 4.69) is 100 Å². The Labute approximate surface area is 258 Å². The highest BCUT2D eigenvalue weighted by Gasteiger charge is 2.14. The van der Waals surface area contributed by atoms with Gasteiger partial charge in [-0.2, -0.15) is 0 Å². The van der Waals surface area contributed by atoms with Crippen LogP contribution in [0.1, 0.15) is 133 Å². The van der Waals surface area contributed by atoms with E-state index in [-0.39, 0.29) is 0 Å². The molecule has 2 rings (SSSR count). The third kappa shape index (κ3) is 12.3. The Morgan fingerprint density at radius 2 is 1.52 bits per heavy atom. The van der Waals surface area contributed by atoms with Gasteiger partial charge in [0.25, 0.3) is 0 Å². The van der Waals surface area contributed by atoms with Gasteiger partial charge in [0.2, 0.25) is 0 Å². The standard InChI is InChI=1S/C39H59N3/c1-8-12-14-15-16-19-31(6)41-36(20-13-9-2)25-21-30(5)33-22-26-37(27-23-33)42-39-29-35(24-28-38(39)32(7)40)34(17-10-3)18-11-4/h8,22-24,26-29,34,36,41-42H,1,5-7,9-21,25,40H2,2-4H3. The predicted molar refractivity (Wildman–Crippen MR) is 189 cm³/mol. The third-order valence-corrected chi connectivity index (χ3v) is 8.20. The van der Waals surface area contributed by atoms with Crippen molar-refractivity contribution < 1.29 is 0 Å². The smallest absolute Gasteiger partial charge is 0.0481 e. The zero-order valence-electron chi connectivity index (χ0n) is 27.1. The number of hydrogen-bond donors (Lipinski definition) is 3. The van der Waals surface area contributed by atoms with Crippen molar-refractivity contribution in [2.45, 2.75) is 123 Å². The second-order valence-electron chi connectivity index (χ2n) is 11.9. The van der Waals surface area contributed by atoms with E-state index < -0.39 is 0 Å². The molecule has 0 spiro atoms. The van der Waals surface area contributed by atoms with Crippen molar-refractivity contribution in [3.8, 4) is 0 Å². The van der Waals surface area contributed by atoms with Crippen LogP contribution in [0.4, 0.5) is 11.4 Å². The fourth-order valence-electron chi connectivity index (χ4n) is 5.72. The minimum Gasteiger partial charge on any atom is -0.399 e. The zero-order valence-corrected chi connectivity index (χ0v) is 27.1. The van der Waals surface area contributed by atoms with E-state index in [0.717, 1.165) is 42.6 Å². The molecule has 2 aromatic rings. The quantitative estimate of drug-likeness (QED) is 0.0921. The van der Waals surface area contributed by atoms with Crippen molar-refractivity contribution in [1.29, 1.82) is 0 Å². The fraction of sp³-hybridized carbons (Fsp3) is 0.487. The van der Waals surface area contributed by atoms with Crippen LogP contribution in [0.2, 0.25) is 0 Å². The monoisotopic (exact) mass is 569 g/mol. The number of nitrogens with two attached hydrogens (primary N) is 1. The first-order chi connectivity index (χ1) is 20.3. The second kappa shape index (κ2) is 19.8. The first-order valence-corrected chi connectivity index (χ1v) is 16.5. The Hall–Kier alpha value is -3.20. The molecule has 0 radical (unpaired) electrons. The van der Waals surface area contributed by atoms with Crippen molar-refractivity contribution in [2.24, 2.45) is 5.73 Å². The Kier molecular flexibility index (Phi) is 16.5. The molecule has 0 bridgehead atoms. The molecule has 1 unspecified atom stereocenters. The van der Waals surface area contributed by atoms with Crippen molar-refractivity contribution in [3.63, 3.8) is 0 Å². The number of benzene rings is 2. The Bertz CT molecular complexity index is 1100. The summed E-state index contributed by atoms with van der Waals surface area (Å²) >= 11 is 0. The van der Waals surface area contributed by atoms with Gasteiger partial charge < -0.3 is 16.4 Å². The average molecular weight is 570 g/mol. The second-order valence-corrected chi connectivity index (χ2v) is 11.9. The van der Waals surface area contributed by atoms with Crippen LogP contribution in [-0.2, 0) is 0 Å². The van der Waals surface area contributed by atoms with Gasteiger partial charge in [-0.15, -0.1) is 6.58 Å². The zero-order chi connectivity index (χ0) is 30.7. The molecule has 1 atom stereocenters. The van der Waals surface area contributed by atoms with Crippen LogP contribution in [0, 0.1) is 0 Å². The van der Waals surface area contributed by atoms with E-state index in [1.54, 1.807) is 0 Å². The summed E-state index contributed by atoms with van der Waals surface area (Å²) in [6.45, 7) is 23.4. The van der Waals surface area contributed by atoms with Crippen LogP contribution in [0.5, 0.6) is 0 Å². The molecule has 0 aliphatic rings. The van der Waals surface area contributed by atoms with Gasteiger partial charge in [0.05, 0.1) is 0 Å². The molecular weight excluding hydrogens is 510 g/mol. The Balaban J connectivity index is 2.02. The van der Waals surface area contributed by atoms with Gasteiger partial charge in [-0.3, -0.25) is 0 Å². The average Bonchev–Trinajstić information content (AvgIpc) is 2.98. The van der Waals surface area contributed by atoms with Gasteiger partial charge in [-0.25, -0.2) is 0 Å². The van der Waals surface area contributed by atoms with Crippen LogP contribution in [-0.4, -0.2) is 6.04 Å². The maximum atomic E-state index is 6.18. The molecule has 0 saturated heterocycles. The van der Waals surface area contributed by atoms with Crippen molar-refractivity contribution >= 4 is 22.6 Å². The van der Waals surface area contributed by atoms with Gasteiger partial charge >= 0.3 is 0 Å². The van der Waals surface area contributed by atoms with Crippen molar-refractivity contribution in [2.75, 3.05) is 5.32 Å². The first kappa shape index (κ1) is 35.0. The van der Waals surface area contributed by atoms with E-state index in [4.69, 9.17) is 5.73 Å². The molecule has 3 nitrogen and oxygen atoms in total. The van der Waals surface area contributed by atoms with Crippen LogP contribution in [0.3, 0.4) is 0 Å². The largest absolute Gasteiger partial charge is 0.399 e. The van der Waals surface area contributed by atoms with E-state index in [9.17, 15) is 0 Å². The molecule has 0 aromatic heterocycles. The highest BCUT2D eigenvalue weighted by molar-refractivity contribution is 5.78. The summed E-state index contributed by atoms with van der Waals surface area (Å²) < 4.78 is 0. The van der Waals surface area contributed by atoms with E-state index >= 15 is 0 Å². The van der Waals surface area contributed by atoms with Crippen LogP contribution in [0.15, 0.2) is 80.6 Å². The lowest BCUT2D eigenvalue weighted by molar-refractivity contribution is 0.469. The van der Waals surface area contributed by atoms with Crippen LogP contribution in [0.25, 0.3) is 11.3 Å². The summed E-state index contributed by atoms with van der Waals surface area (Å²) in [6.07, 6.45) is 18.2. The topological polar surface area (TPSA) is 50.1 Å². The molecule has 0 aliphatic carbocycles. The lowest BCUT2D eigenvalue weighted by atomic mass is 9.89. The summed E-state index contributed by atoms with van der Waals surface area (Å²) in [7, 11) is 0. The lowest BCUT2D eigenvalue weighted by Crippen LogP contribution is -2.28. The van der Waals surface area contributed by atoms with Gasteiger partial charge in [-0.1, -0.05) is 103 Å². The van der Waals surface area contributed by atoms with Crippen LogP contribution >= 0.6 is 0 Å². The summed E-state index contributed by atoms with van der Waals surface area (Å²) in [6, 6.07) is 15.7. The summed E-state index contributed by atoms with van der Waals surface area (Å²) in [5.41, 5.74) is 14.7. The molecule has 0 amide bonds. The van der Waals surface area contributed by atoms with Gasteiger partial charge in [0, 0.05) is 34.4 Å². The van der Waals surface area contributed by atoms with Crippen LogP contribution < -0.4 is 16.4 Å². The lowest BCUT2D eigenvalue weighted by Gasteiger charge is -2.22. The molecule has 0 heterocycles. The van der Waals surface area contributed by atoms with Gasteiger partial charge in [0.15, 0.2) is 0 Å². The molecular formula is C39H59N3. The minimum absolute atomic E-state index is 0.447. The molecule has 3 heteroatoms. The SMILES string of the molecule is C=CCCCCCC(=C)NC(CCCC)CCC(=C)c1ccc(Nc2cc(C(CCC)CCC)ccc2C(=C)N)cc1. The number of anilines is 2. The third-order valence-electron chi connectivity index (χ3n) is 8.20.